The fourth-order valence-corrected chi connectivity index (χ4v) is 2.50. The summed E-state index contributed by atoms with van der Waals surface area (Å²) >= 11 is 0. The van der Waals surface area contributed by atoms with Crippen LogP contribution in [0.3, 0.4) is 0 Å². The first-order chi connectivity index (χ1) is 9.81. The molecule has 0 atom stereocenters. The lowest BCUT2D eigenvalue weighted by Crippen LogP contribution is -1.89. The van der Waals surface area contributed by atoms with E-state index in [1.165, 1.54) is 11.1 Å². The van der Waals surface area contributed by atoms with Gasteiger partial charge >= 0.3 is 0 Å². The van der Waals surface area contributed by atoms with E-state index >= 15 is 0 Å². The number of fused-ring (bicyclic) bond motifs is 1. The Hall–Kier alpha value is -2.16. The summed E-state index contributed by atoms with van der Waals surface area (Å²) in [6.07, 6.45) is 5.16. The summed E-state index contributed by atoms with van der Waals surface area (Å²) in [7, 11) is 0. The molecule has 0 fully saturated rings. The smallest absolute Gasteiger partial charge is 0.157 e. The van der Waals surface area contributed by atoms with Crippen LogP contribution >= 0.6 is 0 Å². The number of aryl methyl sites for hydroxylation is 2. The topological polar surface area (TPSA) is 41.6 Å². The predicted octanol–water partition coefficient (Wildman–Crippen LogP) is 4.14. The minimum Gasteiger partial charge on any atom is -0.337 e. The number of nitrogens with one attached hydrogen (secondary N) is 1. The van der Waals surface area contributed by atoms with Crippen molar-refractivity contribution in [1.82, 2.24) is 15.0 Å². The highest BCUT2D eigenvalue weighted by Gasteiger charge is 2.08. The fourth-order valence-electron chi connectivity index (χ4n) is 2.50. The minimum atomic E-state index is 0.851. The van der Waals surface area contributed by atoms with Crippen LogP contribution in [-0.4, -0.2) is 15.0 Å². The van der Waals surface area contributed by atoms with Gasteiger partial charge in [-0.1, -0.05) is 38.5 Å². The number of hydrogen-bond donors (Lipinski definition) is 1. The Morgan fingerprint density at radius 2 is 2.00 bits per heavy atom. The zero-order valence-corrected chi connectivity index (χ0v) is 12.0. The molecule has 0 unspecified atom stereocenters. The highest BCUT2D eigenvalue weighted by molar-refractivity contribution is 5.81. The molecule has 0 radical (unpaired) electrons. The molecule has 3 rings (SSSR count). The van der Waals surface area contributed by atoms with Crippen LogP contribution in [0.15, 0.2) is 36.5 Å². The Bertz CT molecular complexity index is 711. The average molecular weight is 265 g/mol. The number of rotatable bonds is 4. The van der Waals surface area contributed by atoms with E-state index in [-0.39, 0.29) is 0 Å². The average Bonchev–Trinajstić information content (AvgIpc) is 2.92. The summed E-state index contributed by atoms with van der Waals surface area (Å²) in [5.41, 5.74) is 5.60. The summed E-state index contributed by atoms with van der Waals surface area (Å²) < 4.78 is 0. The van der Waals surface area contributed by atoms with Gasteiger partial charge in [0.05, 0.1) is 11.0 Å². The molecule has 0 aliphatic rings. The number of para-hydroxylation sites is 1. The van der Waals surface area contributed by atoms with Crippen molar-refractivity contribution >= 4 is 11.0 Å². The minimum absolute atomic E-state index is 0.851. The molecule has 3 heteroatoms. The highest BCUT2D eigenvalue weighted by Crippen LogP contribution is 2.22. The summed E-state index contributed by atoms with van der Waals surface area (Å²) in [5, 5.41) is 0. The van der Waals surface area contributed by atoms with Crippen molar-refractivity contribution < 1.29 is 0 Å². The van der Waals surface area contributed by atoms with Gasteiger partial charge in [-0.3, -0.25) is 4.98 Å². The zero-order valence-electron chi connectivity index (χ0n) is 12.0. The van der Waals surface area contributed by atoms with Gasteiger partial charge in [-0.15, -0.1) is 0 Å². The summed E-state index contributed by atoms with van der Waals surface area (Å²) in [6, 6.07) is 10.5. The standard InChI is InChI=1S/C17H19N3/c1-3-6-12-9-10-15(18-11-12)17-19-14-8-5-7-13(4-2)16(14)20-17/h5,7-11H,3-4,6H2,1-2H3,(H,19,20). The van der Waals surface area contributed by atoms with Gasteiger partial charge in [-0.2, -0.15) is 0 Å². The molecule has 2 heterocycles. The van der Waals surface area contributed by atoms with E-state index in [2.05, 4.69) is 48.1 Å². The Morgan fingerprint density at radius 3 is 2.70 bits per heavy atom. The Kier molecular flexibility index (Phi) is 3.50. The molecule has 0 amide bonds. The quantitative estimate of drug-likeness (QED) is 0.770. The van der Waals surface area contributed by atoms with Gasteiger partial charge in [0.25, 0.3) is 0 Å². The second kappa shape index (κ2) is 5.45. The lowest BCUT2D eigenvalue weighted by Gasteiger charge is -1.99. The molecule has 0 aliphatic carbocycles. The number of aromatic amines is 1. The number of pyridine rings is 1. The summed E-state index contributed by atoms with van der Waals surface area (Å²) in [5.74, 6) is 0.851. The molecule has 2 aromatic heterocycles. The third-order valence-corrected chi connectivity index (χ3v) is 3.58. The van der Waals surface area contributed by atoms with Crippen molar-refractivity contribution in [3.8, 4) is 11.5 Å². The SMILES string of the molecule is CCCc1ccc(-c2nc3c(CC)cccc3[nH]2)nc1. The van der Waals surface area contributed by atoms with Gasteiger partial charge < -0.3 is 4.98 Å². The molecule has 0 spiro atoms. The molecular formula is C17H19N3. The molecule has 20 heavy (non-hydrogen) atoms. The molecule has 3 aromatic rings. The van der Waals surface area contributed by atoms with E-state index in [1.54, 1.807) is 0 Å². The van der Waals surface area contributed by atoms with E-state index in [9.17, 15) is 0 Å². The zero-order chi connectivity index (χ0) is 13.9. The molecular weight excluding hydrogens is 246 g/mol. The first kappa shape index (κ1) is 12.9. The first-order valence-electron chi connectivity index (χ1n) is 7.24. The van der Waals surface area contributed by atoms with Crippen LogP contribution in [0.2, 0.25) is 0 Å². The third-order valence-electron chi connectivity index (χ3n) is 3.58. The Labute approximate surface area is 119 Å². The van der Waals surface area contributed by atoms with Gasteiger partial charge in [-0.05, 0) is 36.1 Å². The van der Waals surface area contributed by atoms with Crippen molar-refractivity contribution in [3.05, 3.63) is 47.7 Å². The van der Waals surface area contributed by atoms with Gasteiger partial charge in [0.1, 0.15) is 5.69 Å². The lowest BCUT2D eigenvalue weighted by molar-refractivity contribution is 0.914. The van der Waals surface area contributed by atoms with Gasteiger partial charge in [-0.25, -0.2) is 4.98 Å². The van der Waals surface area contributed by atoms with E-state index in [0.29, 0.717) is 0 Å². The normalized spacial score (nSPS) is 11.1. The van der Waals surface area contributed by atoms with Crippen LogP contribution in [0, 0.1) is 0 Å². The molecule has 1 N–H and O–H groups in total. The summed E-state index contributed by atoms with van der Waals surface area (Å²) in [4.78, 5) is 12.6. The van der Waals surface area contributed by atoms with Crippen molar-refractivity contribution in [2.24, 2.45) is 0 Å². The molecule has 1 aromatic carbocycles. The Balaban J connectivity index is 2.01. The van der Waals surface area contributed by atoms with Crippen LogP contribution in [0.1, 0.15) is 31.4 Å². The van der Waals surface area contributed by atoms with Crippen LogP contribution in [-0.2, 0) is 12.8 Å². The second-order valence-corrected chi connectivity index (χ2v) is 5.05. The van der Waals surface area contributed by atoms with Gasteiger partial charge in [0.2, 0.25) is 0 Å². The van der Waals surface area contributed by atoms with E-state index in [1.807, 2.05) is 12.3 Å². The molecule has 0 saturated carbocycles. The van der Waals surface area contributed by atoms with Crippen molar-refractivity contribution in [1.29, 1.82) is 0 Å². The lowest BCUT2D eigenvalue weighted by atomic mass is 10.1. The maximum atomic E-state index is 4.71. The third kappa shape index (κ3) is 2.31. The largest absolute Gasteiger partial charge is 0.337 e. The maximum absolute atomic E-state index is 4.71. The fraction of sp³-hybridized carbons (Fsp3) is 0.294. The highest BCUT2D eigenvalue weighted by atomic mass is 14.9. The monoisotopic (exact) mass is 265 g/mol. The van der Waals surface area contributed by atoms with Crippen molar-refractivity contribution in [2.75, 3.05) is 0 Å². The van der Waals surface area contributed by atoms with Crippen LogP contribution in [0.25, 0.3) is 22.6 Å². The number of hydrogen-bond acceptors (Lipinski definition) is 2. The van der Waals surface area contributed by atoms with Crippen LogP contribution in [0.5, 0.6) is 0 Å². The van der Waals surface area contributed by atoms with Gasteiger partial charge in [0, 0.05) is 6.20 Å². The molecule has 102 valence electrons. The number of benzene rings is 1. The first-order valence-corrected chi connectivity index (χ1v) is 7.24. The maximum Gasteiger partial charge on any atom is 0.157 e. The Morgan fingerprint density at radius 1 is 1.10 bits per heavy atom. The summed E-state index contributed by atoms with van der Waals surface area (Å²) in [6.45, 7) is 4.33. The number of imidazole rings is 1. The molecule has 0 bridgehead atoms. The number of H-pyrrole nitrogens is 1. The molecule has 0 saturated heterocycles. The van der Waals surface area contributed by atoms with Crippen LogP contribution in [0.4, 0.5) is 0 Å². The second-order valence-electron chi connectivity index (χ2n) is 5.05. The van der Waals surface area contributed by atoms with E-state index in [0.717, 1.165) is 41.8 Å². The number of aromatic nitrogens is 3. The predicted molar refractivity (Wildman–Crippen MR) is 82.7 cm³/mol. The van der Waals surface area contributed by atoms with E-state index in [4.69, 9.17) is 4.98 Å². The molecule has 0 aliphatic heterocycles. The number of nitrogens with zero attached hydrogens (tertiary/aromatic N) is 2. The molecule has 3 nitrogen and oxygen atoms in total. The van der Waals surface area contributed by atoms with Crippen molar-refractivity contribution in [2.45, 2.75) is 33.1 Å². The van der Waals surface area contributed by atoms with Crippen LogP contribution < -0.4 is 0 Å². The van der Waals surface area contributed by atoms with Gasteiger partial charge in [0.15, 0.2) is 5.82 Å². The van der Waals surface area contributed by atoms with E-state index < -0.39 is 0 Å². The van der Waals surface area contributed by atoms with Crippen molar-refractivity contribution in [3.63, 3.8) is 0 Å².